The average Bonchev–Trinajstić information content (AvgIpc) is 2.99. The number of H-pyrrole nitrogens is 1. The minimum atomic E-state index is 0.508. The lowest BCUT2D eigenvalue weighted by molar-refractivity contribution is 0.537. The first-order chi connectivity index (χ1) is 8.71. The number of nitrogens with zero attached hydrogens (tertiary/aromatic N) is 1. The Hall–Kier alpha value is -1.00. The molecule has 0 unspecified atom stereocenters. The van der Waals surface area contributed by atoms with Crippen LogP contribution in [-0.4, -0.2) is 22.3 Å². The van der Waals surface area contributed by atoms with E-state index in [0.717, 1.165) is 34.9 Å². The van der Waals surface area contributed by atoms with Gasteiger partial charge in [-0.2, -0.15) is 0 Å². The second kappa shape index (κ2) is 4.59. The highest BCUT2D eigenvalue weighted by Crippen LogP contribution is 2.51. The number of imidazole rings is 1. The van der Waals surface area contributed by atoms with E-state index < -0.39 is 0 Å². The van der Waals surface area contributed by atoms with E-state index in [1.54, 1.807) is 0 Å². The molecule has 1 aliphatic rings. The van der Waals surface area contributed by atoms with E-state index in [2.05, 4.69) is 35.1 Å². The lowest BCUT2D eigenvalue weighted by Gasteiger charge is -2.11. The maximum absolute atomic E-state index is 5.67. The van der Waals surface area contributed by atoms with Gasteiger partial charge in [0, 0.05) is 5.75 Å². The Bertz CT molecular complexity index is 557. The van der Waals surface area contributed by atoms with E-state index in [9.17, 15) is 0 Å². The molecule has 1 heterocycles. The summed E-state index contributed by atoms with van der Waals surface area (Å²) in [5.41, 5.74) is 9.65. The van der Waals surface area contributed by atoms with E-state index >= 15 is 0 Å². The van der Waals surface area contributed by atoms with Crippen molar-refractivity contribution in [1.29, 1.82) is 0 Å². The summed E-state index contributed by atoms with van der Waals surface area (Å²) in [4.78, 5) is 8.02. The first-order valence-corrected chi connectivity index (χ1v) is 7.49. The van der Waals surface area contributed by atoms with Crippen molar-refractivity contribution in [1.82, 2.24) is 9.97 Å². The number of aromatic nitrogens is 2. The SMILES string of the molecule is Cc1ccc2nc(SCC3(CCN)CC3)[nH]c2c1. The zero-order chi connectivity index (χ0) is 12.6. The van der Waals surface area contributed by atoms with Crippen LogP contribution >= 0.6 is 11.8 Å². The first-order valence-electron chi connectivity index (χ1n) is 6.50. The Morgan fingerprint density at radius 1 is 1.44 bits per heavy atom. The molecule has 1 aromatic carbocycles. The van der Waals surface area contributed by atoms with Gasteiger partial charge in [-0.05, 0) is 55.8 Å². The zero-order valence-electron chi connectivity index (χ0n) is 10.7. The molecule has 1 aliphatic carbocycles. The second-order valence-corrected chi connectivity index (χ2v) is 6.35. The Labute approximate surface area is 112 Å². The van der Waals surface area contributed by atoms with Crippen LogP contribution in [0.15, 0.2) is 23.4 Å². The summed E-state index contributed by atoms with van der Waals surface area (Å²) >= 11 is 1.84. The zero-order valence-corrected chi connectivity index (χ0v) is 11.5. The van der Waals surface area contributed by atoms with Crippen molar-refractivity contribution in [2.75, 3.05) is 12.3 Å². The van der Waals surface area contributed by atoms with Gasteiger partial charge >= 0.3 is 0 Å². The van der Waals surface area contributed by atoms with Crippen molar-refractivity contribution in [3.8, 4) is 0 Å². The molecule has 0 radical (unpaired) electrons. The predicted molar refractivity (Wildman–Crippen MR) is 76.9 cm³/mol. The standard InChI is InChI=1S/C14H19N3S/c1-10-2-3-11-12(8-10)17-13(16-11)18-9-14(4-5-14)6-7-15/h2-3,8H,4-7,9,15H2,1H3,(H,16,17). The van der Waals surface area contributed by atoms with Crippen LogP contribution in [0.2, 0.25) is 0 Å². The van der Waals surface area contributed by atoms with E-state index in [4.69, 9.17) is 5.73 Å². The molecule has 1 saturated carbocycles. The van der Waals surface area contributed by atoms with Crippen LogP contribution in [-0.2, 0) is 0 Å². The number of benzene rings is 1. The number of aryl methyl sites for hydroxylation is 1. The molecule has 2 aromatic rings. The fourth-order valence-electron chi connectivity index (χ4n) is 2.34. The molecular weight excluding hydrogens is 242 g/mol. The predicted octanol–water partition coefficient (Wildman–Crippen LogP) is 3.09. The number of thioether (sulfide) groups is 1. The van der Waals surface area contributed by atoms with Crippen molar-refractivity contribution < 1.29 is 0 Å². The van der Waals surface area contributed by atoms with Gasteiger partial charge in [-0.25, -0.2) is 4.98 Å². The number of nitrogens with one attached hydrogen (secondary N) is 1. The minimum Gasteiger partial charge on any atom is -0.333 e. The van der Waals surface area contributed by atoms with Gasteiger partial charge in [0.25, 0.3) is 0 Å². The number of nitrogens with two attached hydrogens (primary N) is 1. The van der Waals surface area contributed by atoms with Crippen LogP contribution in [0.1, 0.15) is 24.8 Å². The van der Waals surface area contributed by atoms with Crippen LogP contribution in [0, 0.1) is 12.3 Å². The fraction of sp³-hybridized carbons (Fsp3) is 0.500. The molecule has 18 heavy (non-hydrogen) atoms. The summed E-state index contributed by atoms with van der Waals surface area (Å²) in [5.74, 6) is 1.14. The summed E-state index contributed by atoms with van der Waals surface area (Å²) in [6.45, 7) is 2.91. The maximum atomic E-state index is 5.67. The lowest BCUT2D eigenvalue weighted by Crippen LogP contribution is -2.11. The number of aromatic amines is 1. The minimum absolute atomic E-state index is 0.508. The molecule has 3 rings (SSSR count). The first kappa shape index (κ1) is 12.1. The fourth-order valence-corrected chi connectivity index (χ4v) is 3.56. The van der Waals surface area contributed by atoms with Crippen LogP contribution in [0.3, 0.4) is 0 Å². The molecule has 1 aromatic heterocycles. The third kappa shape index (κ3) is 2.40. The molecule has 1 fully saturated rings. The Kier molecular flexibility index (Phi) is 3.08. The third-order valence-electron chi connectivity index (χ3n) is 3.76. The average molecular weight is 261 g/mol. The molecule has 3 N–H and O–H groups in total. The molecule has 3 nitrogen and oxygen atoms in total. The van der Waals surface area contributed by atoms with E-state index in [-0.39, 0.29) is 0 Å². The smallest absolute Gasteiger partial charge is 0.166 e. The highest BCUT2D eigenvalue weighted by molar-refractivity contribution is 7.99. The summed E-state index contributed by atoms with van der Waals surface area (Å²) in [5, 5.41) is 1.04. The number of rotatable bonds is 5. The van der Waals surface area contributed by atoms with Crippen molar-refractivity contribution >= 4 is 22.8 Å². The van der Waals surface area contributed by atoms with Gasteiger partial charge in [0.2, 0.25) is 0 Å². The van der Waals surface area contributed by atoms with Gasteiger partial charge in [0.1, 0.15) is 0 Å². The maximum Gasteiger partial charge on any atom is 0.166 e. The highest BCUT2D eigenvalue weighted by Gasteiger charge is 2.41. The Balaban J connectivity index is 1.71. The van der Waals surface area contributed by atoms with Gasteiger partial charge in [-0.15, -0.1) is 0 Å². The Morgan fingerprint density at radius 2 is 2.28 bits per heavy atom. The van der Waals surface area contributed by atoms with Crippen LogP contribution in [0.25, 0.3) is 11.0 Å². The number of hydrogen-bond donors (Lipinski definition) is 2. The van der Waals surface area contributed by atoms with E-state index in [0.29, 0.717) is 5.41 Å². The van der Waals surface area contributed by atoms with Crippen molar-refractivity contribution in [2.24, 2.45) is 11.1 Å². The number of fused-ring (bicyclic) bond motifs is 1. The molecule has 96 valence electrons. The highest BCUT2D eigenvalue weighted by atomic mass is 32.2. The van der Waals surface area contributed by atoms with Gasteiger partial charge in [0.05, 0.1) is 11.0 Å². The lowest BCUT2D eigenvalue weighted by atomic mass is 10.1. The van der Waals surface area contributed by atoms with Gasteiger partial charge in [-0.3, -0.25) is 0 Å². The third-order valence-corrected chi connectivity index (χ3v) is 4.99. The molecule has 0 aliphatic heterocycles. The van der Waals surface area contributed by atoms with Crippen molar-refractivity contribution in [3.05, 3.63) is 23.8 Å². The second-order valence-electron chi connectivity index (χ2n) is 5.39. The van der Waals surface area contributed by atoms with Gasteiger partial charge < -0.3 is 10.7 Å². The molecular formula is C14H19N3S. The molecule has 4 heteroatoms. The van der Waals surface area contributed by atoms with E-state index in [1.165, 1.54) is 18.4 Å². The van der Waals surface area contributed by atoms with Gasteiger partial charge in [0.15, 0.2) is 5.16 Å². The molecule has 0 atom stereocenters. The summed E-state index contributed by atoms with van der Waals surface area (Å²) in [7, 11) is 0. The van der Waals surface area contributed by atoms with Gasteiger partial charge in [-0.1, -0.05) is 17.8 Å². The monoisotopic (exact) mass is 261 g/mol. The van der Waals surface area contributed by atoms with Crippen LogP contribution in [0.4, 0.5) is 0 Å². The molecule has 0 bridgehead atoms. The van der Waals surface area contributed by atoms with Crippen LogP contribution < -0.4 is 5.73 Å². The molecule has 0 saturated heterocycles. The molecule has 0 spiro atoms. The summed E-state index contributed by atoms with van der Waals surface area (Å²) < 4.78 is 0. The largest absolute Gasteiger partial charge is 0.333 e. The quantitative estimate of drug-likeness (QED) is 0.813. The summed E-state index contributed by atoms with van der Waals surface area (Å²) in [6.07, 6.45) is 3.81. The summed E-state index contributed by atoms with van der Waals surface area (Å²) in [6, 6.07) is 6.34. The topological polar surface area (TPSA) is 54.7 Å². The number of hydrogen-bond acceptors (Lipinski definition) is 3. The van der Waals surface area contributed by atoms with Crippen molar-refractivity contribution in [2.45, 2.75) is 31.3 Å². The Morgan fingerprint density at radius 3 is 3.00 bits per heavy atom. The van der Waals surface area contributed by atoms with Crippen LogP contribution in [0.5, 0.6) is 0 Å². The van der Waals surface area contributed by atoms with E-state index in [1.807, 2.05) is 11.8 Å². The molecule has 0 amide bonds. The normalized spacial score (nSPS) is 17.2. The van der Waals surface area contributed by atoms with Crippen molar-refractivity contribution in [3.63, 3.8) is 0 Å².